The van der Waals surface area contributed by atoms with E-state index in [1.165, 1.54) is 30.0 Å². The number of carboxylic acids is 1. The Morgan fingerprint density at radius 2 is 1.52 bits per heavy atom. The lowest BCUT2D eigenvalue weighted by atomic mass is 10.1. The first-order chi connectivity index (χ1) is 20.2. The molecular formula is C32H27N3O6S. The second-order valence-electron chi connectivity index (χ2n) is 9.14. The maximum Gasteiger partial charge on any atom is 0.339 e. The van der Waals surface area contributed by atoms with E-state index in [0.29, 0.717) is 11.3 Å². The largest absolute Gasteiger partial charge is 0.507 e. The summed E-state index contributed by atoms with van der Waals surface area (Å²) in [5.41, 5.74) is 2.68. The minimum atomic E-state index is -1.30. The van der Waals surface area contributed by atoms with Gasteiger partial charge in [0.25, 0.3) is 11.8 Å². The van der Waals surface area contributed by atoms with Crippen molar-refractivity contribution in [2.24, 2.45) is 0 Å². The fourth-order valence-electron chi connectivity index (χ4n) is 3.83. The lowest BCUT2D eigenvalue weighted by Crippen LogP contribution is -2.30. The molecule has 10 heteroatoms. The summed E-state index contributed by atoms with van der Waals surface area (Å²) in [5, 5.41) is 26.9. The van der Waals surface area contributed by atoms with Gasteiger partial charge in [0.1, 0.15) is 17.0 Å². The zero-order valence-corrected chi connectivity index (χ0v) is 23.3. The van der Waals surface area contributed by atoms with Crippen molar-refractivity contribution in [3.63, 3.8) is 0 Å². The molecule has 3 amide bonds. The molecule has 0 saturated heterocycles. The van der Waals surface area contributed by atoms with Gasteiger partial charge in [-0.25, -0.2) is 4.79 Å². The van der Waals surface area contributed by atoms with Gasteiger partial charge >= 0.3 is 5.97 Å². The van der Waals surface area contributed by atoms with Crippen LogP contribution in [0.15, 0.2) is 108 Å². The monoisotopic (exact) mass is 581 g/mol. The van der Waals surface area contributed by atoms with E-state index in [2.05, 4.69) is 16.0 Å². The highest BCUT2D eigenvalue weighted by Crippen LogP contribution is 2.24. The number of anilines is 2. The topological polar surface area (TPSA) is 145 Å². The maximum absolute atomic E-state index is 13.2. The number of carbonyl (C=O) groups is 4. The van der Waals surface area contributed by atoms with Crippen LogP contribution >= 0.6 is 11.8 Å². The lowest BCUT2D eigenvalue weighted by Gasteiger charge is -2.12. The van der Waals surface area contributed by atoms with Gasteiger partial charge in [-0.3, -0.25) is 14.4 Å². The number of carboxylic acid groups (broad SMARTS) is 1. The Bertz CT molecular complexity index is 1650. The van der Waals surface area contributed by atoms with Gasteiger partial charge in [0.15, 0.2) is 0 Å². The van der Waals surface area contributed by atoms with Crippen molar-refractivity contribution in [1.82, 2.24) is 5.32 Å². The molecule has 9 nitrogen and oxygen atoms in total. The number of aromatic hydroxyl groups is 1. The molecule has 0 heterocycles. The molecule has 0 atom stereocenters. The molecule has 5 N–H and O–H groups in total. The molecule has 0 saturated carbocycles. The van der Waals surface area contributed by atoms with E-state index < -0.39 is 23.5 Å². The Morgan fingerprint density at radius 3 is 2.21 bits per heavy atom. The van der Waals surface area contributed by atoms with Crippen LogP contribution < -0.4 is 16.0 Å². The molecule has 4 rings (SSSR count). The molecule has 0 bridgehead atoms. The number of thioether (sulfide) groups is 1. The van der Waals surface area contributed by atoms with Crippen LogP contribution in [0.25, 0.3) is 6.08 Å². The highest BCUT2D eigenvalue weighted by atomic mass is 32.2. The minimum absolute atomic E-state index is 0.0455. The Labute approximate surface area is 246 Å². The van der Waals surface area contributed by atoms with Crippen molar-refractivity contribution in [2.75, 3.05) is 16.4 Å². The molecule has 212 valence electrons. The predicted octanol–water partition coefficient (Wildman–Crippen LogP) is 5.54. The van der Waals surface area contributed by atoms with Crippen LogP contribution in [0.1, 0.15) is 31.8 Å². The zero-order chi connectivity index (χ0) is 30.1. The van der Waals surface area contributed by atoms with E-state index >= 15 is 0 Å². The van der Waals surface area contributed by atoms with Crippen LogP contribution in [0.2, 0.25) is 0 Å². The summed E-state index contributed by atoms with van der Waals surface area (Å²) in [4.78, 5) is 50.3. The fourth-order valence-corrected chi connectivity index (χ4v) is 4.53. The number of aryl methyl sites for hydroxylation is 1. The van der Waals surface area contributed by atoms with Crippen molar-refractivity contribution in [3.8, 4) is 5.75 Å². The van der Waals surface area contributed by atoms with Crippen molar-refractivity contribution in [2.45, 2.75) is 11.8 Å². The first-order valence-corrected chi connectivity index (χ1v) is 13.7. The first-order valence-electron chi connectivity index (χ1n) is 12.7. The Balaban J connectivity index is 1.39. The highest BCUT2D eigenvalue weighted by molar-refractivity contribution is 8.00. The van der Waals surface area contributed by atoms with Crippen LogP contribution in [0, 0.1) is 6.92 Å². The van der Waals surface area contributed by atoms with Gasteiger partial charge in [-0.05, 0) is 73.2 Å². The van der Waals surface area contributed by atoms with Gasteiger partial charge in [0.05, 0.1) is 5.75 Å². The predicted molar refractivity (Wildman–Crippen MR) is 163 cm³/mol. The summed E-state index contributed by atoms with van der Waals surface area (Å²) in [6, 6.07) is 26.8. The average molecular weight is 582 g/mol. The van der Waals surface area contributed by atoms with Gasteiger partial charge in [0.2, 0.25) is 5.91 Å². The molecular weight excluding hydrogens is 554 g/mol. The highest BCUT2D eigenvalue weighted by Gasteiger charge is 2.16. The van der Waals surface area contributed by atoms with E-state index in [9.17, 15) is 24.3 Å². The number of phenols is 1. The number of nitrogens with one attached hydrogen (secondary N) is 3. The molecule has 0 aliphatic carbocycles. The van der Waals surface area contributed by atoms with Crippen LogP contribution in [0.5, 0.6) is 5.75 Å². The number of carbonyl (C=O) groups excluding carboxylic acids is 3. The van der Waals surface area contributed by atoms with E-state index in [-0.39, 0.29) is 28.6 Å². The Morgan fingerprint density at radius 1 is 0.810 bits per heavy atom. The third kappa shape index (κ3) is 8.33. The van der Waals surface area contributed by atoms with Gasteiger partial charge in [-0.1, -0.05) is 48.0 Å². The Kier molecular flexibility index (Phi) is 9.75. The normalized spacial score (nSPS) is 10.9. The standard InChI is InChI=1S/C32H27N3O6S/c1-20-6-5-7-21(16-20)17-27(35-30(38)22-8-3-2-4-9-22)31(39)34-23-10-13-25(14-11-23)42-19-29(37)33-24-12-15-28(36)26(18-24)32(40)41/h2-18,36H,19H2,1H3,(H,33,37)(H,34,39)(H,35,38)(H,40,41)/b27-17-. The molecule has 0 aliphatic rings. The molecule has 4 aromatic carbocycles. The van der Waals surface area contributed by atoms with Crippen LogP contribution in [-0.2, 0) is 9.59 Å². The summed E-state index contributed by atoms with van der Waals surface area (Å²) >= 11 is 1.25. The second-order valence-corrected chi connectivity index (χ2v) is 10.2. The second kappa shape index (κ2) is 13.8. The van der Waals surface area contributed by atoms with Gasteiger partial charge in [-0.15, -0.1) is 11.8 Å². The summed E-state index contributed by atoms with van der Waals surface area (Å²) < 4.78 is 0. The maximum atomic E-state index is 13.2. The third-order valence-corrected chi connectivity index (χ3v) is 6.89. The molecule has 0 spiro atoms. The number of rotatable bonds is 10. The van der Waals surface area contributed by atoms with Crippen LogP contribution in [-0.4, -0.2) is 39.7 Å². The lowest BCUT2D eigenvalue weighted by molar-refractivity contribution is -0.114. The number of amides is 3. The summed E-state index contributed by atoms with van der Waals surface area (Å²) in [7, 11) is 0. The molecule has 0 fully saturated rings. The van der Waals surface area contributed by atoms with Crippen molar-refractivity contribution in [3.05, 3.63) is 125 Å². The third-order valence-electron chi connectivity index (χ3n) is 5.87. The molecule has 0 unspecified atom stereocenters. The van der Waals surface area contributed by atoms with E-state index in [1.807, 2.05) is 31.2 Å². The smallest absolute Gasteiger partial charge is 0.339 e. The molecule has 0 aromatic heterocycles. The number of hydrogen-bond donors (Lipinski definition) is 5. The molecule has 0 radical (unpaired) electrons. The van der Waals surface area contributed by atoms with Crippen molar-refractivity contribution < 1.29 is 29.4 Å². The average Bonchev–Trinajstić information content (AvgIpc) is 2.97. The van der Waals surface area contributed by atoms with Gasteiger partial charge in [0, 0.05) is 21.8 Å². The van der Waals surface area contributed by atoms with Gasteiger partial charge in [-0.2, -0.15) is 0 Å². The van der Waals surface area contributed by atoms with Crippen molar-refractivity contribution in [1.29, 1.82) is 0 Å². The summed E-state index contributed by atoms with van der Waals surface area (Å²) in [6.45, 7) is 1.94. The quantitative estimate of drug-likeness (QED) is 0.0939. The molecule has 42 heavy (non-hydrogen) atoms. The summed E-state index contributed by atoms with van der Waals surface area (Å²) in [5.74, 6) is -2.93. The molecule has 4 aromatic rings. The van der Waals surface area contributed by atoms with Gasteiger partial charge < -0.3 is 26.2 Å². The SMILES string of the molecule is Cc1cccc(/C=C(\NC(=O)c2ccccc2)C(=O)Nc2ccc(SCC(=O)Nc3ccc(O)c(C(=O)O)c3)cc2)c1. The Hall–Kier alpha value is -5.35. The number of hydrogen-bond acceptors (Lipinski definition) is 6. The van der Waals surface area contributed by atoms with Crippen LogP contribution in [0.4, 0.5) is 11.4 Å². The zero-order valence-electron chi connectivity index (χ0n) is 22.5. The number of benzene rings is 4. The first kappa shape index (κ1) is 29.6. The number of aromatic carboxylic acids is 1. The van der Waals surface area contributed by atoms with E-state index in [0.717, 1.165) is 16.0 Å². The van der Waals surface area contributed by atoms with Crippen LogP contribution in [0.3, 0.4) is 0 Å². The molecule has 0 aliphatic heterocycles. The summed E-state index contributed by atoms with van der Waals surface area (Å²) in [6.07, 6.45) is 1.61. The fraction of sp³-hybridized carbons (Fsp3) is 0.0625. The van der Waals surface area contributed by atoms with Crippen molar-refractivity contribution >= 4 is 52.9 Å². The minimum Gasteiger partial charge on any atom is -0.507 e. The van der Waals surface area contributed by atoms with E-state index in [1.54, 1.807) is 60.7 Å². The van der Waals surface area contributed by atoms with E-state index in [4.69, 9.17) is 5.11 Å².